The molecule has 0 unspecified atom stereocenters. The Hall–Kier alpha value is -2.75. The largest absolute Gasteiger partial charge is 0.447 e. The number of halogens is 1. The van der Waals surface area contributed by atoms with Crippen molar-refractivity contribution in [2.75, 3.05) is 5.32 Å². The molecule has 37 heavy (non-hydrogen) atoms. The predicted molar refractivity (Wildman–Crippen MR) is 154 cm³/mol. The molecule has 0 bridgehead atoms. The van der Waals surface area contributed by atoms with Gasteiger partial charge in [0.1, 0.15) is 10.8 Å². The Morgan fingerprint density at radius 2 is 1.97 bits per heavy atom. The lowest BCUT2D eigenvalue weighted by Gasteiger charge is -2.33. The molecule has 0 fully saturated rings. The summed E-state index contributed by atoms with van der Waals surface area (Å²) in [6, 6.07) is 13.2. The van der Waals surface area contributed by atoms with E-state index in [4.69, 9.17) is 9.41 Å². The number of aliphatic imine (C=N–C) groups is 1. The summed E-state index contributed by atoms with van der Waals surface area (Å²) in [4.78, 5) is 28.0. The molecule has 6 nitrogen and oxygen atoms in total. The van der Waals surface area contributed by atoms with Crippen molar-refractivity contribution in [1.29, 1.82) is 0 Å². The number of benzene rings is 1. The Labute approximate surface area is 233 Å². The van der Waals surface area contributed by atoms with E-state index >= 15 is 0 Å². The molecular weight excluding hydrogens is 568 g/mol. The van der Waals surface area contributed by atoms with Crippen molar-refractivity contribution in [2.45, 2.75) is 50.3 Å². The quantitative estimate of drug-likeness (QED) is 0.180. The first-order valence-corrected chi connectivity index (χ1v) is 14.5. The van der Waals surface area contributed by atoms with Gasteiger partial charge in [0.15, 0.2) is 10.2 Å². The maximum atomic E-state index is 13.5. The molecule has 9 heteroatoms. The number of hydrogen-bond donors (Lipinski definition) is 1. The van der Waals surface area contributed by atoms with Gasteiger partial charge in [0, 0.05) is 29.0 Å². The third-order valence-electron chi connectivity index (χ3n) is 6.44. The van der Waals surface area contributed by atoms with Crippen molar-refractivity contribution in [3.63, 3.8) is 0 Å². The highest BCUT2D eigenvalue weighted by molar-refractivity contribution is 9.10. The molecule has 0 saturated carbocycles. The molecule has 5 rings (SSSR count). The Bertz CT molecular complexity index is 1430. The Morgan fingerprint density at radius 1 is 1.22 bits per heavy atom. The molecule has 0 spiro atoms. The van der Waals surface area contributed by atoms with Gasteiger partial charge in [-0.3, -0.25) is 4.79 Å². The number of thiophene rings is 1. The summed E-state index contributed by atoms with van der Waals surface area (Å²) in [5.41, 5.74) is 2.79. The number of hydrogen-bond acceptors (Lipinski definition) is 7. The van der Waals surface area contributed by atoms with Gasteiger partial charge in [-0.25, -0.2) is 15.0 Å². The molecule has 1 amide bonds. The van der Waals surface area contributed by atoms with Crippen LogP contribution in [-0.2, 0) is 12.8 Å². The first-order chi connectivity index (χ1) is 17.8. The number of carbonyl (C=O) groups is 1. The van der Waals surface area contributed by atoms with Gasteiger partial charge in [-0.15, -0.1) is 11.3 Å². The number of furan rings is 1. The standard InChI is InChI=1S/C28H27BrN4O2S2/c1-28(2,3)17-10-11-20-22(14-17)36-25(23(20)24(34)33-18-8-5-4-6-9-18)32-16-19-15-21(29)26(35-19)37-27-30-12-7-13-31-27/h4-9,12-13,15-17H,10-11,14H2,1-3H3,(H,33,34)/t17-/m0/s1. The highest BCUT2D eigenvalue weighted by Crippen LogP contribution is 2.45. The van der Waals surface area contributed by atoms with Crippen molar-refractivity contribution in [1.82, 2.24) is 9.97 Å². The summed E-state index contributed by atoms with van der Waals surface area (Å²) in [6.45, 7) is 6.88. The maximum absolute atomic E-state index is 13.5. The normalized spacial score (nSPS) is 15.6. The minimum atomic E-state index is -0.122. The zero-order valence-corrected chi connectivity index (χ0v) is 24.0. The van der Waals surface area contributed by atoms with Crippen molar-refractivity contribution in [3.05, 3.63) is 81.1 Å². The fourth-order valence-electron chi connectivity index (χ4n) is 4.40. The number of nitrogens with one attached hydrogen (secondary N) is 1. The van der Waals surface area contributed by atoms with Gasteiger partial charge >= 0.3 is 0 Å². The van der Waals surface area contributed by atoms with Crippen LogP contribution >= 0.6 is 39.0 Å². The van der Waals surface area contributed by atoms with Crippen molar-refractivity contribution < 1.29 is 9.21 Å². The third-order valence-corrected chi connectivity index (χ3v) is 9.34. The summed E-state index contributed by atoms with van der Waals surface area (Å²) >= 11 is 6.50. The first-order valence-electron chi connectivity index (χ1n) is 12.1. The van der Waals surface area contributed by atoms with E-state index in [2.05, 4.69) is 52.0 Å². The highest BCUT2D eigenvalue weighted by Gasteiger charge is 2.33. The molecule has 1 atom stereocenters. The molecule has 4 aromatic rings. The van der Waals surface area contributed by atoms with Crippen molar-refractivity contribution in [2.24, 2.45) is 16.3 Å². The molecule has 1 aliphatic rings. The first kappa shape index (κ1) is 25.9. The van der Waals surface area contributed by atoms with E-state index in [1.807, 2.05) is 36.4 Å². The number of para-hydroxylation sites is 1. The number of anilines is 1. The van der Waals surface area contributed by atoms with E-state index < -0.39 is 0 Å². The summed E-state index contributed by atoms with van der Waals surface area (Å²) in [5.74, 6) is 1.03. The zero-order valence-electron chi connectivity index (χ0n) is 20.8. The smallest absolute Gasteiger partial charge is 0.259 e. The van der Waals surface area contributed by atoms with Crippen molar-refractivity contribution in [3.8, 4) is 0 Å². The molecule has 0 saturated heterocycles. The average molecular weight is 596 g/mol. The van der Waals surface area contributed by atoms with E-state index in [1.165, 1.54) is 16.6 Å². The third kappa shape index (κ3) is 6.05. The van der Waals surface area contributed by atoms with E-state index in [-0.39, 0.29) is 11.3 Å². The molecule has 1 aliphatic carbocycles. The lowest BCUT2D eigenvalue weighted by atomic mass is 9.72. The number of nitrogens with zero attached hydrogens (tertiary/aromatic N) is 3. The lowest BCUT2D eigenvalue weighted by Crippen LogP contribution is -2.27. The van der Waals surface area contributed by atoms with Gasteiger partial charge in [-0.1, -0.05) is 39.0 Å². The van der Waals surface area contributed by atoms with Gasteiger partial charge in [0.25, 0.3) is 5.91 Å². The van der Waals surface area contributed by atoms with Crippen LogP contribution in [0.2, 0.25) is 0 Å². The molecule has 1 N–H and O–H groups in total. The average Bonchev–Trinajstić information content (AvgIpc) is 3.42. The summed E-state index contributed by atoms with van der Waals surface area (Å²) in [5, 5.41) is 5.01. The molecule has 1 aromatic carbocycles. The Balaban J connectivity index is 1.45. The Kier molecular flexibility index (Phi) is 7.65. The van der Waals surface area contributed by atoms with Gasteiger partial charge < -0.3 is 9.73 Å². The highest BCUT2D eigenvalue weighted by atomic mass is 79.9. The second-order valence-electron chi connectivity index (χ2n) is 9.99. The molecular formula is C28H27BrN4O2S2. The topological polar surface area (TPSA) is 80.4 Å². The van der Waals surface area contributed by atoms with Gasteiger partial charge in [-0.05, 0) is 82.0 Å². The van der Waals surface area contributed by atoms with Crippen LogP contribution in [0.5, 0.6) is 0 Å². The van der Waals surface area contributed by atoms with E-state index in [0.29, 0.717) is 32.5 Å². The molecule has 0 aliphatic heterocycles. The van der Waals surface area contributed by atoms with Crippen molar-refractivity contribution >= 4 is 61.8 Å². The van der Waals surface area contributed by atoms with Crippen LogP contribution in [0.15, 0.2) is 79.0 Å². The molecule has 3 aromatic heterocycles. The van der Waals surface area contributed by atoms with Crippen LogP contribution in [0.1, 0.15) is 53.8 Å². The summed E-state index contributed by atoms with van der Waals surface area (Å²) in [7, 11) is 0. The second-order valence-corrected chi connectivity index (χ2v) is 12.9. The second kappa shape index (κ2) is 10.9. The van der Waals surface area contributed by atoms with E-state index in [9.17, 15) is 4.79 Å². The lowest BCUT2D eigenvalue weighted by molar-refractivity contribution is 0.102. The minimum absolute atomic E-state index is 0.122. The number of aromatic nitrogens is 2. The van der Waals surface area contributed by atoms with Crippen LogP contribution < -0.4 is 5.32 Å². The van der Waals surface area contributed by atoms with E-state index in [1.54, 1.807) is 36.0 Å². The minimum Gasteiger partial charge on any atom is -0.447 e. The number of fused-ring (bicyclic) bond motifs is 1. The van der Waals surface area contributed by atoms with Crippen LogP contribution in [0.3, 0.4) is 0 Å². The predicted octanol–water partition coefficient (Wildman–Crippen LogP) is 8.20. The van der Waals surface area contributed by atoms with Crippen LogP contribution in [-0.4, -0.2) is 22.1 Å². The zero-order chi connectivity index (χ0) is 26.0. The maximum Gasteiger partial charge on any atom is 0.259 e. The van der Waals surface area contributed by atoms with Crippen LogP contribution in [0.4, 0.5) is 10.7 Å². The van der Waals surface area contributed by atoms with E-state index in [0.717, 1.165) is 35.0 Å². The fourth-order valence-corrected chi connectivity index (χ4v) is 6.90. The van der Waals surface area contributed by atoms with Crippen LogP contribution in [0.25, 0.3) is 0 Å². The molecule has 3 heterocycles. The summed E-state index contributed by atoms with van der Waals surface area (Å²) < 4.78 is 6.79. The SMILES string of the molecule is CC(C)(C)[C@H]1CCc2c(sc(N=Cc3cc(Br)c(Sc4ncccn4)o3)c2C(=O)Nc2ccccc2)C1. The van der Waals surface area contributed by atoms with Gasteiger partial charge in [0.2, 0.25) is 0 Å². The summed E-state index contributed by atoms with van der Waals surface area (Å²) in [6.07, 6.45) is 7.98. The van der Waals surface area contributed by atoms with Crippen LogP contribution in [0, 0.1) is 11.3 Å². The van der Waals surface area contributed by atoms with Gasteiger partial charge in [0.05, 0.1) is 16.3 Å². The monoisotopic (exact) mass is 594 g/mol. The number of amides is 1. The molecule has 190 valence electrons. The molecule has 0 radical (unpaired) electrons. The fraction of sp³-hybridized carbons (Fsp3) is 0.286. The number of carbonyl (C=O) groups excluding carboxylic acids is 1. The number of rotatable bonds is 6. The van der Waals surface area contributed by atoms with Gasteiger partial charge in [-0.2, -0.15) is 0 Å². The Morgan fingerprint density at radius 3 is 2.70 bits per heavy atom.